The number of pyridine rings is 1. The standard InChI is InChI=1S/C25H22N4O3S/c1-17-4-9-22-20(15-17)21(16-23(26-22)24-3-2-14-33-24)25(30)28-12-10-27(11-13-28)18-5-7-19(8-6-18)29(31)32/h2-9,14-16H,10-13H2,1H3. The van der Waals surface area contributed by atoms with E-state index in [0.717, 1.165) is 32.7 Å². The van der Waals surface area contributed by atoms with Crippen molar-refractivity contribution in [3.05, 3.63) is 87.3 Å². The summed E-state index contributed by atoms with van der Waals surface area (Å²) in [7, 11) is 0. The molecule has 0 N–H and O–H groups in total. The highest BCUT2D eigenvalue weighted by Crippen LogP contribution is 2.30. The number of nitro groups is 1. The van der Waals surface area contributed by atoms with Gasteiger partial charge in [0.05, 0.1) is 26.6 Å². The van der Waals surface area contributed by atoms with Crippen LogP contribution in [-0.4, -0.2) is 46.9 Å². The number of aromatic nitrogens is 1. The largest absolute Gasteiger partial charge is 0.368 e. The van der Waals surface area contributed by atoms with E-state index in [1.807, 2.05) is 53.6 Å². The summed E-state index contributed by atoms with van der Waals surface area (Å²) in [5, 5.41) is 13.8. The first-order chi connectivity index (χ1) is 16.0. The molecule has 1 fully saturated rings. The van der Waals surface area contributed by atoms with Crippen LogP contribution in [0.25, 0.3) is 21.5 Å². The summed E-state index contributed by atoms with van der Waals surface area (Å²) in [4.78, 5) is 34.0. The number of rotatable bonds is 4. The molecule has 2 aromatic heterocycles. The number of nitrogens with zero attached hydrogens (tertiary/aromatic N) is 4. The van der Waals surface area contributed by atoms with Gasteiger partial charge < -0.3 is 9.80 Å². The Bertz CT molecular complexity index is 1330. The van der Waals surface area contributed by atoms with Crippen molar-refractivity contribution in [1.29, 1.82) is 0 Å². The molecule has 1 amide bonds. The maximum absolute atomic E-state index is 13.6. The Balaban J connectivity index is 1.40. The van der Waals surface area contributed by atoms with Crippen LogP contribution in [-0.2, 0) is 0 Å². The number of piperazine rings is 1. The smallest absolute Gasteiger partial charge is 0.269 e. The van der Waals surface area contributed by atoms with Gasteiger partial charge in [-0.1, -0.05) is 17.7 Å². The molecule has 5 rings (SSSR count). The van der Waals surface area contributed by atoms with Gasteiger partial charge in [-0.05, 0) is 48.7 Å². The van der Waals surface area contributed by atoms with Crippen molar-refractivity contribution >= 4 is 39.5 Å². The molecule has 1 saturated heterocycles. The van der Waals surface area contributed by atoms with E-state index >= 15 is 0 Å². The number of fused-ring (bicyclic) bond motifs is 1. The van der Waals surface area contributed by atoms with Crippen molar-refractivity contribution in [3.8, 4) is 10.6 Å². The minimum absolute atomic E-state index is 0.00848. The molecular weight excluding hydrogens is 436 g/mol. The third-order valence-corrected chi connectivity index (χ3v) is 6.85. The zero-order valence-electron chi connectivity index (χ0n) is 18.1. The van der Waals surface area contributed by atoms with Crippen molar-refractivity contribution in [2.24, 2.45) is 0 Å². The number of carbonyl (C=O) groups excluding carboxylic acids is 1. The first kappa shape index (κ1) is 21.1. The summed E-state index contributed by atoms with van der Waals surface area (Å²) in [6, 6.07) is 18.5. The number of nitro benzene ring substituents is 1. The fourth-order valence-corrected chi connectivity index (χ4v) is 4.88. The van der Waals surface area contributed by atoms with E-state index < -0.39 is 4.92 Å². The molecule has 8 heteroatoms. The second kappa shape index (κ2) is 8.63. The molecular formula is C25H22N4O3S. The second-order valence-corrected chi connectivity index (χ2v) is 9.05. The van der Waals surface area contributed by atoms with Gasteiger partial charge in [0, 0.05) is 49.4 Å². The van der Waals surface area contributed by atoms with Crippen molar-refractivity contribution in [1.82, 2.24) is 9.88 Å². The topological polar surface area (TPSA) is 79.6 Å². The molecule has 0 spiro atoms. The molecule has 4 aromatic rings. The lowest BCUT2D eigenvalue weighted by molar-refractivity contribution is -0.384. The van der Waals surface area contributed by atoms with Crippen LogP contribution in [0.4, 0.5) is 11.4 Å². The number of carbonyl (C=O) groups is 1. The number of anilines is 1. The number of thiophene rings is 1. The predicted molar refractivity (Wildman–Crippen MR) is 131 cm³/mol. The highest BCUT2D eigenvalue weighted by molar-refractivity contribution is 7.13. The normalized spacial score (nSPS) is 14.0. The lowest BCUT2D eigenvalue weighted by atomic mass is 10.0. The third kappa shape index (κ3) is 4.17. The van der Waals surface area contributed by atoms with Gasteiger partial charge in [-0.2, -0.15) is 0 Å². The van der Waals surface area contributed by atoms with E-state index in [-0.39, 0.29) is 11.6 Å². The maximum atomic E-state index is 13.6. The first-order valence-electron chi connectivity index (χ1n) is 10.7. The summed E-state index contributed by atoms with van der Waals surface area (Å²) in [5.74, 6) is 0.00848. The van der Waals surface area contributed by atoms with E-state index in [2.05, 4.69) is 4.90 Å². The van der Waals surface area contributed by atoms with E-state index in [1.54, 1.807) is 23.5 Å². The number of non-ortho nitro benzene ring substituents is 1. The van der Waals surface area contributed by atoms with Gasteiger partial charge in [0.25, 0.3) is 11.6 Å². The molecule has 0 unspecified atom stereocenters. The molecule has 2 aromatic carbocycles. The minimum atomic E-state index is -0.397. The quantitative estimate of drug-likeness (QED) is 0.312. The zero-order valence-corrected chi connectivity index (χ0v) is 18.9. The van der Waals surface area contributed by atoms with Crippen LogP contribution in [0, 0.1) is 17.0 Å². The molecule has 0 radical (unpaired) electrons. The molecule has 0 aliphatic carbocycles. The van der Waals surface area contributed by atoms with Gasteiger partial charge in [0.1, 0.15) is 0 Å². The monoisotopic (exact) mass is 458 g/mol. The first-order valence-corrected chi connectivity index (χ1v) is 11.6. The summed E-state index contributed by atoms with van der Waals surface area (Å²) in [6.45, 7) is 4.52. The van der Waals surface area contributed by atoms with Crippen molar-refractivity contribution in [2.45, 2.75) is 6.92 Å². The molecule has 3 heterocycles. The highest BCUT2D eigenvalue weighted by atomic mass is 32.1. The van der Waals surface area contributed by atoms with Gasteiger partial charge in [0.15, 0.2) is 0 Å². The fraction of sp³-hybridized carbons (Fsp3) is 0.200. The van der Waals surface area contributed by atoms with E-state index in [0.29, 0.717) is 31.7 Å². The molecule has 0 bridgehead atoms. The second-order valence-electron chi connectivity index (χ2n) is 8.11. The molecule has 1 aliphatic rings. The van der Waals surface area contributed by atoms with Crippen LogP contribution < -0.4 is 4.90 Å². The number of benzene rings is 2. The van der Waals surface area contributed by atoms with E-state index in [9.17, 15) is 14.9 Å². The Hall–Kier alpha value is -3.78. The summed E-state index contributed by atoms with van der Waals surface area (Å²) in [6.07, 6.45) is 0. The number of amides is 1. The number of hydrogen-bond acceptors (Lipinski definition) is 6. The average molecular weight is 459 g/mol. The lowest BCUT2D eigenvalue weighted by Crippen LogP contribution is -2.48. The van der Waals surface area contributed by atoms with Crippen LogP contribution >= 0.6 is 11.3 Å². The predicted octanol–water partition coefficient (Wildman–Crippen LogP) is 5.14. The summed E-state index contributed by atoms with van der Waals surface area (Å²) < 4.78 is 0. The molecule has 1 aliphatic heterocycles. The van der Waals surface area contributed by atoms with E-state index in [1.165, 1.54) is 12.1 Å². The highest BCUT2D eigenvalue weighted by Gasteiger charge is 2.25. The fourth-order valence-electron chi connectivity index (χ4n) is 4.19. The molecule has 166 valence electrons. The van der Waals surface area contributed by atoms with Gasteiger partial charge in [-0.25, -0.2) is 4.98 Å². The molecule has 33 heavy (non-hydrogen) atoms. The van der Waals surface area contributed by atoms with Crippen LogP contribution in [0.3, 0.4) is 0 Å². The van der Waals surface area contributed by atoms with Crippen LogP contribution in [0.2, 0.25) is 0 Å². The Kier molecular flexibility index (Phi) is 5.51. The minimum Gasteiger partial charge on any atom is -0.368 e. The Morgan fingerprint density at radius 2 is 1.79 bits per heavy atom. The van der Waals surface area contributed by atoms with Crippen LogP contribution in [0.1, 0.15) is 15.9 Å². The van der Waals surface area contributed by atoms with Gasteiger partial charge in [0.2, 0.25) is 0 Å². The molecule has 0 atom stereocenters. The maximum Gasteiger partial charge on any atom is 0.269 e. The van der Waals surface area contributed by atoms with Crippen molar-refractivity contribution < 1.29 is 9.72 Å². The lowest BCUT2D eigenvalue weighted by Gasteiger charge is -2.36. The van der Waals surface area contributed by atoms with Gasteiger partial charge in [-0.3, -0.25) is 14.9 Å². The average Bonchev–Trinajstić information content (AvgIpc) is 3.38. The van der Waals surface area contributed by atoms with Gasteiger partial charge >= 0.3 is 0 Å². The SMILES string of the molecule is Cc1ccc2nc(-c3cccs3)cc(C(=O)N3CCN(c4ccc([N+](=O)[O-])cc4)CC3)c2c1. The molecule has 0 saturated carbocycles. The summed E-state index contributed by atoms with van der Waals surface area (Å²) >= 11 is 1.61. The third-order valence-electron chi connectivity index (χ3n) is 5.96. The van der Waals surface area contributed by atoms with Crippen LogP contribution in [0.5, 0.6) is 0 Å². The Morgan fingerprint density at radius 3 is 2.45 bits per heavy atom. The van der Waals surface area contributed by atoms with Crippen molar-refractivity contribution in [2.75, 3.05) is 31.1 Å². The van der Waals surface area contributed by atoms with Gasteiger partial charge in [-0.15, -0.1) is 11.3 Å². The van der Waals surface area contributed by atoms with Crippen molar-refractivity contribution in [3.63, 3.8) is 0 Å². The van der Waals surface area contributed by atoms with Crippen LogP contribution in [0.15, 0.2) is 66.0 Å². The Labute approximate surface area is 195 Å². The summed E-state index contributed by atoms with van der Waals surface area (Å²) in [5.41, 5.74) is 4.40. The van der Waals surface area contributed by atoms with E-state index in [4.69, 9.17) is 4.98 Å². The molecule has 7 nitrogen and oxygen atoms in total. The zero-order chi connectivity index (χ0) is 22.9. The number of hydrogen-bond donors (Lipinski definition) is 0. The number of aryl methyl sites for hydroxylation is 1. The Morgan fingerprint density at radius 1 is 1.03 bits per heavy atom.